The second-order valence-electron chi connectivity index (χ2n) is 8.39. The van der Waals surface area contributed by atoms with E-state index in [4.69, 9.17) is 9.47 Å². The van der Waals surface area contributed by atoms with E-state index < -0.39 is 5.60 Å². The number of amides is 1. The van der Waals surface area contributed by atoms with Crippen molar-refractivity contribution in [2.45, 2.75) is 37.4 Å². The Morgan fingerprint density at radius 2 is 1.84 bits per heavy atom. The Hall–Kier alpha value is -3.12. The summed E-state index contributed by atoms with van der Waals surface area (Å²) >= 11 is 0. The van der Waals surface area contributed by atoms with Crippen molar-refractivity contribution in [3.05, 3.63) is 54.7 Å². The smallest absolute Gasteiger partial charge is 0.254 e. The molecule has 2 fully saturated rings. The van der Waals surface area contributed by atoms with Gasteiger partial charge in [-0.15, -0.1) is 0 Å². The number of piperidine rings is 1. The Kier molecular flexibility index (Phi) is 5.02. The highest BCUT2D eigenvalue weighted by Gasteiger charge is 2.50. The van der Waals surface area contributed by atoms with E-state index >= 15 is 0 Å². The number of benzene rings is 2. The maximum Gasteiger partial charge on any atom is 0.254 e. The molecule has 31 heavy (non-hydrogen) atoms. The highest BCUT2D eigenvalue weighted by atomic mass is 16.5. The number of pyridine rings is 1. The van der Waals surface area contributed by atoms with Crippen molar-refractivity contribution in [1.82, 2.24) is 9.88 Å². The number of hydrogen-bond donors (Lipinski definition) is 1. The van der Waals surface area contributed by atoms with Gasteiger partial charge in [0.2, 0.25) is 0 Å². The van der Waals surface area contributed by atoms with E-state index in [1.807, 2.05) is 36.4 Å². The standard InChI is InChI=1S/C25H26N2O4/c1-30-23-21(9-6-18-3-2-14-26-22(18)23)17-4-7-19(8-5-17)31-20-10-15-27(16-11-20)24(28)25(29)12-13-25/h2-9,14,20,29H,10-13,15-16H2,1H3. The van der Waals surface area contributed by atoms with E-state index in [1.54, 1.807) is 18.2 Å². The molecular formula is C25H26N2O4. The van der Waals surface area contributed by atoms with Gasteiger partial charge in [0, 0.05) is 43.1 Å². The monoisotopic (exact) mass is 418 g/mol. The number of likely N-dealkylation sites (tertiary alicyclic amines) is 1. The number of nitrogens with zero attached hydrogens (tertiary/aromatic N) is 2. The average molecular weight is 418 g/mol. The third kappa shape index (κ3) is 3.83. The number of rotatable bonds is 5. The number of ether oxygens (including phenoxy) is 2. The number of aromatic nitrogens is 1. The molecule has 1 saturated carbocycles. The van der Waals surface area contributed by atoms with Gasteiger partial charge in [-0.2, -0.15) is 0 Å². The van der Waals surface area contributed by atoms with E-state index in [0.717, 1.165) is 46.4 Å². The molecule has 0 spiro atoms. The Bertz CT molecular complexity index is 1100. The van der Waals surface area contributed by atoms with Crippen LogP contribution in [0.15, 0.2) is 54.7 Å². The second-order valence-corrected chi connectivity index (χ2v) is 8.39. The Morgan fingerprint density at radius 3 is 2.52 bits per heavy atom. The third-order valence-electron chi connectivity index (χ3n) is 6.25. The summed E-state index contributed by atoms with van der Waals surface area (Å²) in [4.78, 5) is 18.5. The van der Waals surface area contributed by atoms with Crippen molar-refractivity contribution in [2.75, 3.05) is 20.2 Å². The summed E-state index contributed by atoms with van der Waals surface area (Å²) in [5, 5.41) is 11.1. The second kappa shape index (κ2) is 7.85. The van der Waals surface area contributed by atoms with Crippen molar-refractivity contribution in [1.29, 1.82) is 0 Å². The SMILES string of the molecule is COc1c(-c2ccc(OC3CCN(C(=O)C4(O)CC4)CC3)cc2)ccc2cccnc12. The summed E-state index contributed by atoms with van der Waals surface area (Å²) in [7, 11) is 1.67. The van der Waals surface area contributed by atoms with Crippen LogP contribution in [0.4, 0.5) is 0 Å². The van der Waals surface area contributed by atoms with Gasteiger partial charge in [-0.1, -0.05) is 24.3 Å². The molecule has 0 radical (unpaired) electrons. The summed E-state index contributed by atoms with van der Waals surface area (Å²) in [6.07, 6.45) is 4.57. The molecule has 1 aliphatic heterocycles. The van der Waals surface area contributed by atoms with Gasteiger partial charge in [0.15, 0.2) is 5.75 Å². The fourth-order valence-corrected chi connectivity index (χ4v) is 4.26. The van der Waals surface area contributed by atoms with E-state index in [9.17, 15) is 9.90 Å². The molecule has 6 heteroatoms. The molecule has 5 rings (SSSR count). The van der Waals surface area contributed by atoms with Crippen LogP contribution in [0.5, 0.6) is 11.5 Å². The molecule has 1 aromatic heterocycles. The van der Waals surface area contributed by atoms with Gasteiger partial charge >= 0.3 is 0 Å². The van der Waals surface area contributed by atoms with Crippen LogP contribution in [0, 0.1) is 0 Å². The molecule has 0 atom stereocenters. The number of carbonyl (C=O) groups excluding carboxylic acids is 1. The molecular weight excluding hydrogens is 392 g/mol. The maximum atomic E-state index is 12.3. The van der Waals surface area contributed by atoms with Crippen molar-refractivity contribution in [2.24, 2.45) is 0 Å². The first-order valence-electron chi connectivity index (χ1n) is 10.8. The zero-order valence-corrected chi connectivity index (χ0v) is 17.6. The van der Waals surface area contributed by atoms with Crippen molar-refractivity contribution >= 4 is 16.8 Å². The molecule has 0 bridgehead atoms. The predicted octanol–water partition coefficient (Wildman–Crippen LogP) is 3.81. The molecule has 160 valence electrons. The Balaban J connectivity index is 1.26. The molecule has 1 aliphatic carbocycles. The summed E-state index contributed by atoms with van der Waals surface area (Å²) in [6, 6.07) is 16.1. The largest absolute Gasteiger partial charge is 0.494 e. The van der Waals surface area contributed by atoms with Gasteiger partial charge in [0.05, 0.1) is 7.11 Å². The third-order valence-corrected chi connectivity index (χ3v) is 6.25. The minimum Gasteiger partial charge on any atom is -0.494 e. The Morgan fingerprint density at radius 1 is 1.10 bits per heavy atom. The zero-order chi connectivity index (χ0) is 21.4. The fourth-order valence-electron chi connectivity index (χ4n) is 4.26. The van der Waals surface area contributed by atoms with Crippen LogP contribution < -0.4 is 9.47 Å². The van der Waals surface area contributed by atoms with Gasteiger partial charge in [-0.05, 0) is 42.7 Å². The zero-order valence-electron chi connectivity index (χ0n) is 17.6. The predicted molar refractivity (Wildman–Crippen MR) is 118 cm³/mol. The highest BCUT2D eigenvalue weighted by molar-refractivity contribution is 5.92. The lowest BCUT2D eigenvalue weighted by Gasteiger charge is -2.33. The minimum absolute atomic E-state index is 0.0724. The van der Waals surface area contributed by atoms with Crippen LogP contribution in [0.25, 0.3) is 22.0 Å². The van der Waals surface area contributed by atoms with Crippen LogP contribution in [0.3, 0.4) is 0 Å². The summed E-state index contributed by atoms with van der Waals surface area (Å²) in [6.45, 7) is 1.26. The topological polar surface area (TPSA) is 71.9 Å². The highest BCUT2D eigenvalue weighted by Crippen LogP contribution is 2.38. The molecule has 3 aromatic rings. The molecule has 6 nitrogen and oxygen atoms in total. The van der Waals surface area contributed by atoms with Crippen LogP contribution >= 0.6 is 0 Å². The normalized spacial score (nSPS) is 18.1. The van der Waals surface area contributed by atoms with Crippen LogP contribution in [-0.2, 0) is 4.79 Å². The van der Waals surface area contributed by atoms with Crippen LogP contribution in [0.2, 0.25) is 0 Å². The van der Waals surface area contributed by atoms with Crippen molar-refractivity contribution in [3.63, 3.8) is 0 Å². The molecule has 2 heterocycles. The molecule has 2 aromatic carbocycles. The van der Waals surface area contributed by atoms with Crippen LogP contribution in [-0.4, -0.2) is 52.8 Å². The molecule has 2 aliphatic rings. The first kappa shape index (κ1) is 19.8. The average Bonchev–Trinajstić information content (AvgIpc) is 3.57. The van der Waals surface area contributed by atoms with Gasteiger partial charge in [0.1, 0.15) is 23.0 Å². The van der Waals surface area contributed by atoms with E-state index in [0.29, 0.717) is 25.9 Å². The molecule has 1 amide bonds. The first-order valence-corrected chi connectivity index (χ1v) is 10.8. The molecule has 1 saturated heterocycles. The first-order chi connectivity index (χ1) is 15.1. The number of fused-ring (bicyclic) bond motifs is 1. The fraction of sp³-hybridized carbons (Fsp3) is 0.360. The van der Waals surface area contributed by atoms with E-state index in [2.05, 4.69) is 17.1 Å². The van der Waals surface area contributed by atoms with E-state index in [-0.39, 0.29) is 12.0 Å². The maximum absolute atomic E-state index is 12.3. The lowest BCUT2D eigenvalue weighted by molar-refractivity contribution is -0.144. The minimum atomic E-state index is -1.08. The number of methoxy groups -OCH3 is 1. The number of hydrogen-bond acceptors (Lipinski definition) is 5. The van der Waals surface area contributed by atoms with Crippen LogP contribution in [0.1, 0.15) is 25.7 Å². The summed E-state index contributed by atoms with van der Waals surface area (Å²) < 4.78 is 11.8. The van der Waals surface area contributed by atoms with Crippen molar-refractivity contribution in [3.8, 4) is 22.6 Å². The quantitative estimate of drug-likeness (QED) is 0.682. The van der Waals surface area contributed by atoms with Gasteiger partial charge in [-0.25, -0.2) is 0 Å². The molecule has 1 N–H and O–H groups in total. The van der Waals surface area contributed by atoms with E-state index in [1.165, 1.54) is 0 Å². The Labute approximate surface area is 181 Å². The van der Waals surface area contributed by atoms with Crippen molar-refractivity contribution < 1.29 is 19.4 Å². The number of carbonyl (C=O) groups is 1. The van der Waals surface area contributed by atoms with Gasteiger partial charge in [0.25, 0.3) is 5.91 Å². The molecule has 0 unspecified atom stereocenters. The van der Waals surface area contributed by atoms with Gasteiger partial charge < -0.3 is 19.5 Å². The van der Waals surface area contributed by atoms with Gasteiger partial charge in [-0.3, -0.25) is 9.78 Å². The lowest BCUT2D eigenvalue weighted by atomic mass is 10.0. The number of aliphatic hydroxyl groups is 1. The summed E-state index contributed by atoms with van der Waals surface area (Å²) in [5.41, 5.74) is 1.79. The summed E-state index contributed by atoms with van der Waals surface area (Å²) in [5.74, 6) is 1.46. The lowest BCUT2D eigenvalue weighted by Crippen LogP contribution is -2.46.